The highest BCUT2D eigenvalue weighted by Crippen LogP contribution is 2.30. The van der Waals surface area contributed by atoms with Gasteiger partial charge in [-0.15, -0.1) is 12.4 Å². The molecule has 0 spiro atoms. The van der Waals surface area contributed by atoms with Gasteiger partial charge >= 0.3 is 11.9 Å². The Morgan fingerprint density at radius 3 is 1.71 bits per heavy atom. The van der Waals surface area contributed by atoms with Crippen molar-refractivity contribution in [2.75, 3.05) is 13.1 Å². The van der Waals surface area contributed by atoms with E-state index in [-0.39, 0.29) is 35.7 Å². The predicted molar refractivity (Wildman–Crippen MR) is 126 cm³/mol. The zero-order chi connectivity index (χ0) is 23.3. The van der Waals surface area contributed by atoms with E-state index in [1.54, 1.807) is 39.8 Å². The van der Waals surface area contributed by atoms with E-state index >= 15 is 0 Å². The lowest BCUT2D eigenvalue weighted by Gasteiger charge is -2.06. The number of hydrogen-bond acceptors (Lipinski definition) is 5. The van der Waals surface area contributed by atoms with Crippen LogP contribution in [0.2, 0.25) is 0 Å². The molecular formula is C23H36ClNO6. The van der Waals surface area contributed by atoms with Crippen LogP contribution in [0.25, 0.3) is 10.8 Å². The maximum Gasteiger partial charge on any atom is 0.305 e. The van der Waals surface area contributed by atoms with Gasteiger partial charge in [0.15, 0.2) is 11.5 Å². The summed E-state index contributed by atoms with van der Waals surface area (Å²) in [7, 11) is 0. The molecule has 0 bridgehead atoms. The van der Waals surface area contributed by atoms with Gasteiger partial charge in [-0.25, -0.2) is 0 Å². The van der Waals surface area contributed by atoms with Gasteiger partial charge in [0, 0.05) is 0 Å². The Bertz CT molecular complexity index is 790. The van der Waals surface area contributed by atoms with Gasteiger partial charge in [-0.2, -0.15) is 0 Å². The summed E-state index contributed by atoms with van der Waals surface area (Å²) < 4.78 is 0. The number of nitrogens with one attached hydrogen (secondary N) is 1. The smallest absolute Gasteiger partial charge is 0.305 e. The number of aromatic hydroxyl groups is 2. The largest absolute Gasteiger partial charge is 0.504 e. The highest BCUT2D eigenvalue weighted by atomic mass is 35.5. The van der Waals surface area contributed by atoms with Crippen molar-refractivity contribution in [1.29, 1.82) is 0 Å². The molecule has 31 heavy (non-hydrogen) atoms. The van der Waals surface area contributed by atoms with Crippen LogP contribution < -0.4 is 5.32 Å². The van der Waals surface area contributed by atoms with E-state index in [1.807, 2.05) is 6.07 Å². The predicted octanol–water partition coefficient (Wildman–Crippen LogP) is 4.67. The summed E-state index contributed by atoms with van der Waals surface area (Å²) in [5.41, 5.74) is 1.23. The molecule has 0 amide bonds. The third-order valence-electron chi connectivity index (χ3n) is 4.00. The second-order valence-corrected chi connectivity index (χ2v) is 7.51. The number of hydrogen-bond donors (Lipinski definition) is 5. The van der Waals surface area contributed by atoms with E-state index in [0.717, 1.165) is 36.7 Å². The minimum atomic E-state index is -0.741. The van der Waals surface area contributed by atoms with Gasteiger partial charge in [-0.1, -0.05) is 52.8 Å². The second-order valence-electron chi connectivity index (χ2n) is 7.51. The van der Waals surface area contributed by atoms with Crippen LogP contribution >= 0.6 is 12.4 Å². The van der Waals surface area contributed by atoms with Gasteiger partial charge in [0.05, 0.1) is 11.8 Å². The molecule has 2 aromatic rings. The van der Waals surface area contributed by atoms with Crippen LogP contribution in [-0.4, -0.2) is 45.5 Å². The number of benzene rings is 2. The van der Waals surface area contributed by atoms with Gasteiger partial charge in [0.25, 0.3) is 0 Å². The number of carboxylic acid groups (broad SMARTS) is 2. The average molecular weight is 458 g/mol. The summed E-state index contributed by atoms with van der Waals surface area (Å²) in [5, 5.41) is 40.2. The monoisotopic (exact) mass is 457 g/mol. The molecule has 8 heteroatoms. The van der Waals surface area contributed by atoms with Gasteiger partial charge in [0.2, 0.25) is 0 Å². The molecule has 0 saturated carbocycles. The molecule has 2 aromatic carbocycles. The summed E-state index contributed by atoms with van der Waals surface area (Å²) in [6, 6.07) is 9.29. The molecule has 0 fully saturated rings. The lowest BCUT2D eigenvalue weighted by molar-refractivity contribution is -0.141. The zero-order valence-corrected chi connectivity index (χ0v) is 19.7. The Kier molecular flexibility index (Phi) is 16.0. The fourth-order valence-electron chi connectivity index (χ4n) is 2.01. The van der Waals surface area contributed by atoms with Crippen molar-refractivity contribution < 1.29 is 30.0 Å². The van der Waals surface area contributed by atoms with Crippen molar-refractivity contribution in [3.05, 3.63) is 35.9 Å². The van der Waals surface area contributed by atoms with E-state index in [2.05, 4.69) is 24.4 Å². The van der Waals surface area contributed by atoms with Crippen LogP contribution in [0.3, 0.4) is 0 Å². The van der Waals surface area contributed by atoms with E-state index < -0.39 is 11.9 Å². The van der Waals surface area contributed by atoms with Gasteiger partial charge < -0.3 is 25.7 Å². The molecule has 5 N–H and O–H groups in total. The third kappa shape index (κ3) is 13.4. The summed E-state index contributed by atoms with van der Waals surface area (Å²) >= 11 is 0. The second kappa shape index (κ2) is 16.2. The lowest BCUT2D eigenvalue weighted by atomic mass is 10.0. The van der Waals surface area contributed by atoms with E-state index in [9.17, 15) is 19.8 Å². The molecule has 0 aliphatic rings. The highest BCUT2D eigenvalue weighted by molar-refractivity contribution is 5.86. The number of rotatable bonds is 7. The summed E-state index contributed by atoms with van der Waals surface area (Å²) in [5.74, 6) is -2.08. The molecule has 0 aliphatic carbocycles. The quantitative estimate of drug-likeness (QED) is 0.302. The highest BCUT2D eigenvalue weighted by Gasteiger charge is 2.03. The Balaban J connectivity index is 0. The maximum absolute atomic E-state index is 9.70. The summed E-state index contributed by atoms with van der Waals surface area (Å²) in [6.07, 6.45) is 2.11. The average Bonchev–Trinajstić information content (AvgIpc) is 2.67. The molecule has 0 aromatic heterocycles. The van der Waals surface area contributed by atoms with Crippen molar-refractivity contribution >= 4 is 35.1 Å². The Hall–Kier alpha value is -2.51. The number of phenols is 2. The van der Waals surface area contributed by atoms with Crippen molar-refractivity contribution in [3.63, 3.8) is 0 Å². The maximum atomic E-state index is 9.70. The fourth-order valence-corrected chi connectivity index (χ4v) is 2.01. The standard InChI is InChI=1S/C15H19NO2.2C4H8O2.ClH/c1-2-6-16-7-5-11-3-4-12-9-14(17)15(18)10-13(12)8-11;2*1-3(2)4(5)6;/h3-4,8-10,16-18H,2,5-7H2,1H3;2*3H,1-2H3,(H,5,6);1H. The molecule has 176 valence electrons. The summed E-state index contributed by atoms with van der Waals surface area (Å²) in [4.78, 5) is 19.4. The van der Waals surface area contributed by atoms with Crippen LogP contribution in [0.1, 0.15) is 46.6 Å². The van der Waals surface area contributed by atoms with Crippen LogP contribution in [0, 0.1) is 11.8 Å². The Morgan fingerprint density at radius 1 is 0.839 bits per heavy atom. The van der Waals surface area contributed by atoms with Gasteiger partial charge in [-0.05, 0) is 54.4 Å². The van der Waals surface area contributed by atoms with Crippen LogP contribution in [0.5, 0.6) is 11.5 Å². The minimum absolute atomic E-state index is 0. The molecule has 0 aliphatic heterocycles. The van der Waals surface area contributed by atoms with Crippen molar-refractivity contribution in [3.8, 4) is 11.5 Å². The number of carbonyl (C=O) groups is 2. The first-order valence-electron chi connectivity index (χ1n) is 10.1. The topological polar surface area (TPSA) is 127 Å². The van der Waals surface area contributed by atoms with Crippen molar-refractivity contribution in [2.24, 2.45) is 11.8 Å². The first-order chi connectivity index (χ1) is 14.0. The molecule has 0 unspecified atom stereocenters. The number of aliphatic carboxylic acids is 2. The zero-order valence-electron chi connectivity index (χ0n) is 18.9. The molecule has 2 rings (SSSR count). The van der Waals surface area contributed by atoms with Gasteiger partial charge in [-0.3, -0.25) is 9.59 Å². The first kappa shape index (κ1) is 30.7. The minimum Gasteiger partial charge on any atom is -0.504 e. The van der Waals surface area contributed by atoms with Crippen molar-refractivity contribution in [2.45, 2.75) is 47.5 Å². The molecule has 0 saturated heterocycles. The van der Waals surface area contributed by atoms with Crippen molar-refractivity contribution in [1.82, 2.24) is 5.32 Å². The molecular weight excluding hydrogens is 422 g/mol. The molecule has 0 atom stereocenters. The lowest BCUT2D eigenvalue weighted by Crippen LogP contribution is -2.17. The van der Waals surface area contributed by atoms with E-state index in [1.165, 1.54) is 5.56 Å². The number of carboxylic acids is 2. The molecule has 7 nitrogen and oxygen atoms in total. The fraction of sp³-hybridized carbons (Fsp3) is 0.478. The third-order valence-corrected chi connectivity index (χ3v) is 4.00. The number of phenolic OH excluding ortho intramolecular Hbond substituents is 2. The SMILES string of the molecule is CC(C)C(=O)O.CC(C)C(=O)O.CCCNCCc1ccc2cc(O)c(O)cc2c1.Cl. The van der Waals surface area contributed by atoms with E-state index in [4.69, 9.17) is 10.2 Å². The number of halogens is 1. The first-order valence-corrected chi connectivity index (χ1v) is 10.1. The van der Waals surface area contributed by atoms with Crippen LogP contribution in [0.15, 0.2) is 30.3 Å². The Morgan fingerprint density at radius 2 is 1.29 bits per heavy atom. The van der Waals surface area contributed by atoms with Crippen LogP contribution in [-0.2, 0) is 16.0 Å². The molecule has 0 heterocycles. The number of fused-ring (bicyclic) bond motifs is 1. The normalized spacial score (nSPS) is 9.90. The van der Waals surface area contributed by atoms with Crippen LogP contribution in [0.4, 0.5) is 0 Å². The Labute approximate surface area is 190 Å². The molecule has 0 radical (unpaired) electrons. The van der Waals surface area contributed by atoms with Gasteiger partial charge in [0.1, 0.15) is 0 Å². The summed E-state index contributed by atoms with van der Waals surface area (Å²) in [6.45, 7) is 10.7. The van der Waals surface area contributed by atoms with E-state index in [0.29, 0.717) is 0 Å².